The molecule has 0 aliphatic rings. The number of aromatic hydroxyl groups is 1. The lowest BCUT2D eigenvalue weighted by molar-refractivity contribution is 0.476. The fraction of sp³-hybridized carbons (Fsp3) is 0. The molecule has 16 heavy (non-hydrogen) atoms. The van der Waals surface area contributed by atoms with Crippen LogP contribution in [0.15, 0.2) is 36.4 Å². The zero-order valence-electron chi connectivity index (χ0n) is 8.18. The number of hydrogen-bond acceptors (Lipinski definition) is 3. The Morgan fingerprint density at radius 1 is 0.812 bits per heavy atom. The third kappa shape index (κ3) is 1.46. The van der Waals surface area contributed by atoms with E-state index in [4.69, 9.17) is 11.6 Å². The first-order valence-corrected chi connectivity index (χ1v) is 5.16. The SMILES string of the molecule is Oc1ccc2nc3cc(Cl)ccc3nc2c1. The van der Waals surface area contributed by atoms with Gasteiger partial charge in [0.25, 0.3) is 0 Å². The Hall–Kier alpha value is -1.87. The second kappa shape index (κ2) is 3.32. The molecule has 0 aliphatic heterocycles. The van der Waals surface area contributed by atoms with Gasteiger partial charge < -0.3 is 5.11 Å². The van der Waals surface area contributed by atoms with E-state index >= 15 is 0 Å². The van der Waals surface area contributed by atoms with Crippen molar-refractivity contribution in [2.45, 2.75) is 0 Å². The standard InChI is InChI=1S/C12H7ClN2O/c13-7-1-3-9-11(5-7)14-10-4-2-8(16)6-12(10)15-9/h1-6,16H. The highest BCUT2D eigenvalue weighted by molar-refractivity contribution is 6.31. The van der Waals surface area contributed by atoms with Gasteiger partial charge >= 0.3 is 0 Å². The zero-order valence-corrected chi connectivity index (χ0v) is 8.94. The second-order valence-electron chi connectivity index (χ2n) is 3.53. The fourth-order valence-electron chi connectivity index (χ4n) is 1.64. The molecule has 0 saturated heterocycles. The number of benzene rings is 2. The molecule has 0 bridgehead atoms. The number of phenols is 1. The summed E-state index contributed by atoms with van der Waals surface area (Å²) < 4.78 is 0. The number of hydrogen-bond donors (Lipinski definition) is 1. The van der Waals surface area contributed by atoms with Crippen LogP contribution in [0.2, 0.25) is 5.02 Å². The van der Waals surface area contributed by atoms with Gasteiger partial charge in [-0.2, -0.15) is 0 Å². The van der Waals surface area contributed by atoms with E-state index in [0.29, 0.717) is 10.5 Å². The molecule has 4 heteroatoms. The van der Waals surface area contributed by atoms with Gasteiger partial charge in [0.15, 0.2) is 0 Å². The predicted octanol–water partition coefficient (Wildman–Crippen LogP) is 3.14. The van der Waals surface area contributed by atoms with Gasteiger partial charge in [0.05, 0.1) is 22.1 Å². The molecule has 78 valence electrons. The van der Waals surface area contributed by atoms with E-state index in [2.05, 4.69) is 9.97 Å². The van der Waals surface area contributed by atoms with Crippen LogP contribution in [0.5, 0.6) is 5.75 Å². The van der Waals surface area contributed by atoms with Gasteiger partial charge in [0.2, 0.25) is 0 Å². The Bertz CT molecular complexity index is 635. The minimum atomic E-state index is 0.190. The molecule has 2 aromatic carbocycles. The third-order valence-corrected chi connectivity index (χ3v) is 2.61. The van der Waals surface area contributed by atoms with Gasteiger partial charge in [-0.3, -0.25) is 0 Å². The number of rotatable bonds is 0. The summed E-state index contributed by atoms with van der Waals surface area (Å²) in [5.74, 6) is 0.190. The molecule has 0 unspecified atom stereocenters. The molecule has 3 nitrogen and oxygen atoms in total. The number of aromatic nitrogens is 2. The van der Waals surface area contributed by atoms with E-state index in [1.165, 1.54) is 0 Å². The van der Waals surface area contributed by atoms with Gasteiger partial charge in [-0.1, -0.05) is 11.6 Å². The maximum Gasteiger partial charge on any atom is 0.117 e. The summed E-state index contributed by atoms with van der Waals surface area (Å²) in [5.41, 5.74) is 2.94. The van der Waals surface area contributed by atoms with Crippen molar-refractivity contribution in [1.82, 2.24) is 9.97 Å². The summed E-state index contributed by atoms with van der Waals surface area (Å²) >= 11 is 5.89. The molecule has 1 heterocycles. The van der Waals surface area contributed by atoms with E-state index in [9.17, 15) is 5.11 Å². The molecule has 0 atom stereocenters. The number of halogens is 1. The molecule has 0 amide bonds. The third-order valence-electron chi connectivity index (χ3n) is 2.38. The zero-order chi connectivity index (χ0) is 11.1. The van der Waals surface area contributed by atoms with E-state index in [0.717, 1.165) is 16.6 Å². The van der Waals surface area contributed by atoms with Crippen LogP contribution in [0.1, 0.15) is 0 Å². The van der Waals surface area contributed by atoms with E-state index in [1.807, 2.05) is 6.07 Å². The molecule has 1 N–H and O–H groups in total. The monoisotopic (exact) mass is 230 g/mol. The van der Waals surface area contributed by atoms with Crippen molar-refractivity contribution in [2.75, 3.05) is 0 Å². The number of phenolic OH excluding ortho intramolecular Hbond substituents is 1. The summed E-state index contributed by atoms with van der Waals surface area (Å²) in [6, 6.07) is 10.3. The molecule has 3 rings (SSSR count). The van der Waals surface area contributed by atoms with Crippen molar-refractivity contribution >= 4 is 33.7 Å². The summed E-state index contributed by atoms with van der Waals surface area (Å²) in [7, 11) is 0. The Kier molecular flexibility index (Phi) is 1.94. The second-order valence-corrected chi connectivity index (χ2v) is 3.97. The van der Waals surface area contributed by atoms with Crippen LogP contribution in [0, 0.1) is 0 Å². The Labute approximate surface area is 96.3 Å². The lowest BCUT2D eigenvalue weighted by Gasteiger charge is -2.01. The van der Waals surface area contributed by atoms with Crippen molar-refractivity contribution in [2.24, 2.45) is 0 Å². The first-order valence-electron chi connectivity index (χ1n) is 4.78. The first kappa shape index (κ1) is 9.36. The first-order chi connectivity index (χ1) is 7.72. The van der Waals surface area contributed by atoms with Gasteiger partial charge in [-0.05, 0) is 30.3 Å². The minimum Gasteiger partial charge on any atom is -0.508 e. The minimum absolute atomic E-state index is 0.190. The molecule has 0 aliphatic carbocycles. The summed E-state index contributed by atoms with van der Waals surface area (Å²) in [6.07, 6.45) is 0. The van der Waals surface area contributed by atoms with Crippen LogP contribution in [0.25, 0.3) is 22.1 Å². The molecule has 3 aromatic rings. The fourth-order valence-corrected chi connectivity index (χ4v) is 1.80. The summed E-state index contributed by atoms with van der Waals surface area (Å²) in [5, 5.41) is 10.00. The van der Waals surface area contributed by atoms with Crippen LogP contribution < -0.4 is 0 Å². The topological polar surface area (TPSA) is 46.0 Å². The maximum absolute atomic E-state index is 9.36. The van der Waals surface area contributed by atoms with Crippen molar-refractivity contribution < 1.29 is 5.11 Å². The van der Waals surface area contributed by atoms with Crippen LogP contribution in [0.3, 0.4) is 0 Å². The summed E-state index contributed by atoms with van der Waals surface area (Å²) in [4.78, 5) is 8.82. The van der Waals surface area contributed by atoms with Crippen LogP contribution in [-0.4, -0.2) is 15.1 Å². The van der Waals surface area contributed by atoms with Crippen molar-refractivity contribution in [3.05, 3.63) is 41.4 Å². The van der Waals surface area contributed by atoms with E-state index < -0.39 is 0 Å². The smallest absolute Gasteiger partial charge is 0.117 e. The van der Waals surface area contributed by atoms with Gasteiger partial charge in [-0.15, -0.1) is 0 Å². The Morgan fingerprint density at radius 3 is 2.19 bits per heavy atom. The van der Waals surface area contributed by atoms with Gasteiger partial charge in [-0.25, -0.2) is 9.97 Å². The maximum atomic E-state index is 9.36. The lowest BCUT2D eigenvalue weighted by atomic mass is 10.2. The lowest BCUT2D eigenvalue weighted by Crippen LogP contribution is -1.86. The number of fused-ring (bicyclic) bond motifs is 2. The van der Waals surface area contributed by atoms with Gasteiger partial charge in [0, 0.05) is 11.1 Å². The number of nitrogens with zero attached hydrogens (tertiary/aromatic N) is 2. The molecule has 0 saturated carbocycles. The van der Waals surface area contributed by atoms with Crippen LogP contribution in [-0.2, 0) is 0 Å². The highest BCUT2D eigenvalue weighted by Gasteiger charge is 2.02. The Balaban J connectivity index is 2.44. The average Bonchev–Trinajstić information content (AvgIpc) is 2.26. The largest absolute Gasteiger partial charge is 0.508 e. The molecule has 0 radical (unpaired) electrons. The quantitative estimate of drug-likeness (QED) is 0.604. The predicted molar refractivity (Wildman–Crippen MR) is 63.7 cm³/mol. The normalized spacial score (nSPS) is 11.1. The molecule has 1 aromatic heterocycles. The highest BCUT2D eigenvalue weighted by Crippen LogP contribution is 2.21. The van der Waals surface area contributed by atoms with Crippen molar-refractivity contribution in [1.29, 1.82) is 0 Å². The van der Waals surface area contributed by atoms with Crippen molar-refractivity contribution in [3.63, 3.8) is 0 Å². The van der Waals surface area contributed by atoms with Crippen molar-refractivity contribution in [3.8, 4) is 5.75 Å². The average molecular weight is 231 g/mol. The Morgan fingerprint density at radius 2 is 1.44 bits per heavy atom. The molecule has 0 fully saturated rings. The molecular weight excluding hydrogens is 224 g/mol. The van der Waals surface area contributed by atoms with E-state index in [-0.39, 0.29) is 5.75 Å². The highest BCUT2D eigenvalue weighted by atomic mass is 35.5. The molecule has 0 spiro atoms. The summed E-state index contributed by atoms with van der Waals surface area (Å²) in [6.45, 7) is 0. The van der Waals surface area contributed by atoms with Gasteiger partial charge in [0.1, 0.15) is 5.75 Å². The van der Waals surface area contributed by atoms with Crippen LogP contribution in [0.4, 0.5) is 0 Å². The van der Waals surface area contributed by atoms with Crippen LogP contribution >= 0.6 is 11.6 Å². The molecular formula is C12H7ClN2O. The van der Waals surface area contributed by atoms with E-state index in [1.54, 1.807) is 30.3 Å².